The molecule has 0 fully saturated rings. The summed E-state index contributed by atoms with van der Waals surface area (Å²) in [5, 5.41) is 21.7. The Labute approximate surface area is 121 Å². The predicted molar refractivity (Wildman–Crippen MR) is 87.0 cm³/mol. The molecule has 4 heteroatoms. The van der Waals surface area contributed by atoms with Gasteiger partial charge in [0.25, 0.3) is 0 Å². The fourth-order valence-corrected chi connectivity index (χ4v) is 6.92. The lowest BCUT2D eigenvalue weighted by molar-refractivity contribution is 0.127. The number of benzene rings is 1. The van der Waals surface area contributed by atoms with Gasteiger partial charge in [-0.3, -0.25) is 0 Å². The number of hydrogen-bond donors (Lipinski definition) is 2. The van der Waals surface area contributed by atoms with Gasteiger partial charge >= 0.3 is 0 Å². The Morgan fingerprint density at radius 2 is 1.79 bits per heavy atom. The van der Waals surface area contributed by atoms with E-state index in [1.165, 1.54) is 0 Å². The summed E-state index contributed by atoms with van der Waals surface area (Å²) in [5.74, 6) is 0. The van der Waals surface area contributed by atoms with E-state index >= 15 is 0 Å². The SMILES string of the molecule is C/C(CCO)=C(/C(C)(C)O)P(C)(=S)c1ccccc1. The van der Waals surface area contributed by atoms with Crippen molar-refractivity contribution < 1.29 is 10.2 Å². The Kier molecular flexibility index (Phi) is 5.52. The molecule has 2 N–H and O–H groups in total. The van der Waals surface area contributed by atoms with Crippen LogP contribution in [0.25, 0.3) is 0 Å². The van der Waals surface area contributed by atoms with Crippen LogP contribution in [0.3, 0.4) is 0 Å². The molecule has 0 aliphatic rings. The summed E-state index contributed by atoms with van der Waals surface area (Å²) in [5.41, 5.74) is 0.0454. The van der Waals surface area contributed by atoms with Gasteiger partial charge in [-0.1, -0.05) is 47.7 Å². The second-order valence-electron chi connectivity index (χ2n) is 5.42. The molecular formula is C15H23O2PS. The largest absolute Gasteiger partial charge is 0.396 e. The van der Waals surface area contributed by atoms with Crippen LogP contribution in [0.4, 0.5) is 0 Å². The Morgan fingerprint density at radius 3 is 2.21 bits per heavy atom. The van der Waals surface area contributed by atoms with E-state index in [0.29, 0.717) is 6.42 Å². The monoisotopic (exact) mass is 298 g/mol. The molecule has 0 bridgehead atoms. The highest BCUT2D eigenvalue weighted by Crippen LogP contribution is 2.55. The number of aliphatic hydroxyl groups excluding tert-OH is 1. The standard InChI is InChI=1S/C15H23O2PS/c1-12(10-11-16)14(15(2,3)17)18(4,19)13-8-6-5-7-9-13/h5-9,16-17H,10-11H2,1-4H3/b14-12+. The molecule has 1 unspecified atom stereocenters. The minimum Gasteiger partial charge on any atom is -0.396 e. The van der Waals surface area contributed by atoms with Crippen LogP contribution in [0.15, 0.2) is 41.2 Å². The molecule has 0 aliphatic heterocycles. The Balaban J connectivity index is 3.42. The molecule has 1 aromatic rings. The van der Waals surface area contributed by atoms with Crippen molar-refractivity contribution in [3.05, 3.63) is 41.2 Å². The van der Waals surface area contributed by atoms with Crippen LogP contribution in [-0.2, 0) is 11.8 Å². The van der Waals surface area contributed by atoms with Crippen LogP contribution >= 0.6 is 6.04 Å². The highest BCUT2D eigenvalue weighted by Gasteiger charge is 2.32. The minimum absolute atomic E-state index is 0.0789. The number of hydrogen-bond acceptors (Lipinski definition) is 3. The first-order valence-corrected chi connectivity index (χ1v) is 9.63. The van der Waals surface area contributed by atoms with Crippen LogP contribution in [-0.4, -0.2) is 29.1 Å². The van der Waals surface area contributed by atoms with Crippen LogP contribution in [0.5, 0.6) is 0 Å². The lowest BCUT2D eigenvalue weighted by atomic mass is 10.0. The smallest absolute Gasteiger partial charge is 0.0854 e. The van der Waals surface area contributed by atoms with Crippen molar-refractivity contribution >= 4 is 23.1 Å². The Morgan fingerprint density at radius 1 is 1.26 bits per heavy atom. The third-order valence-electron chi connectivity index (χ3n) is 3.15. The van der Waals surface area contributed by atoms with Crippen LogP contribution in [0, 0.1) is 0 Å². The second-order valence-corrected chi connectivity index (χ2v) is 10.4. The molecule has 0 spiro atoms. The van der Waals surface area contributed by atoms with E-state index < -0.39 is 11.6 Å². The lowest BCUT2D eigenvalue weighted by Crippen LogP contribution is -2.26. The van der Waals surface area contributed by atoms with E-state index in [-0.39, 0.29) is 6.61 Å². The van der Waals surface area contributed by atoms with E-state index in [0.717, 1.165) is 16.2 Å². The quantitative estimate of drug-likeness (QED) is 0.821. The maximum absolute atomic E-state index is 10.5. The van der Waals surface area contributed by atoms with Crippen molar-refractivity contribution in [2.75, 3.05) is 13.3 Å². The van der Waals surface area contributed by atoms with Gasteiger partial charge in [0.2, 0.25) is 0 Å². The molecular weight excluding hydrogens is 275 g/mol. The van der Waals surface area contributed by atoms with Crippen LogP contribution < -0.4 is 5.30 Å². The van der Waals surface area contributed by atoms with Crippen molar-refractivity contribution in [3.63, 3.8) is 0 Å². The molecule has 0 saturated carbocycles. The maximum Gasteiger partial charge on any atom is 0.0854 e. The molecule has 1 aromatic carbocycles. The lowest BCUT2D eigenvalue weighted by Gasteiger charge is -2.32. The fourth-order valence-electron chi connectivity index (χ4n) is 2.54. The van der Waals surface area contributed by atoms with Gasteiger partial charge < -0.3 is 10.2 Å². The maximum atomic E-state index is 10.5. The summed E-state index contributed by atoms with van der Waals surface area (Å²) in [6.45, 7) is 7.63. The zero-order chi connectivity index (χ0) is 14.7. The molecule has 19 heavy (non-hydrogen) atoms. The molecule has 2 nitrogen and oxygen atoms in total. The first-order chi connectivity index (χ1) is 8.71. The average Bonchev–Trinajstić information content (AvgIpc) is 2.28. The van der Waals surface area contributed by atoms with Crippen molar-refractivity contribution in [2.45, 2.75) is 32.8 Å². The second kappa shape index (κ2) is 6.32. The predicted octanol–water partition coefficient (Wildman–Crippen LogP) is 2.85. The summed E-state index contributed by atoms with van der Waals surface area (Å²) < 4.78 is 0. The third kappa shape index (κ3) is 4.00. The van der Waals surface area contributed by atoms with E-state index in [4.69, 9.17) is 16.9 Å². The van der Waals surface area contributed by atoms with Crippen LogP contribution in [0.2, 0.25) is 0 Å². The highest BCUT2D eigenvalue weighted by atomic mass is 32.4. The highest BCUT2D eigenvalue weighted by molar-refractivity contribution is 8.20. The van der Waals surface area contributed by atoms with Crippen molar-refractivity contribution in [1.29, 1.82) is 0 Å². The summed E-state index contributed by atoms with van der Waals surface area (Å²) >= 11 is 5.88. The average molecular weight is 298 g/mol. The van der Waals surface area contributed by atoms with Gasteiger partial charge in [-0.2, -0.15) is 0 Å². The molecule has 0 heterocycles. The van der Waals surface area contributed by atoms with Gasteiger partial charge in [0, 0.05) is 12.6 Å². The van der Waals surface area contributed by atoms with E-state index in [1.807, 2.05) is 43.9 Å². The molecule has 106 valence electrons. The molecule has 1 atom stereocenters. The van der Waals surface area contributed by atoms with Crippen molar-refractivity contribution in [2.24, 2.45) is 0 Å². The van der Waals surface area contributed by atoms with E-state index in [1.54, 1.807) is 13.8 Å². The van der Waals surface area contributed by atoms with E-state index in [2.05, 4.69) is 0 Å². The van der Waals surface area contributed by atoms with Gasteiger partial charge in [0.1, 0.15) is 0 Å². The number of rotatable bonds is 5. The van der Waals surface area contributed by atoms with Crippen LogP contribution in [0.1, 0.15) is 27.2 Å². The van der Waals surface area contributed by atoms with Gasteiger partial charge in [-0.25, -0.2) is 0 Å². The fraction of sp³-hybridized carbons (Fsp3) is 0.467. The molecule has 0 aliphatic carbocycles. The summed E-state index contributed by atoms with van der Waals surface area (Å²) in [4.78, 5) is 0. The topological polar surface area (TPSA) is 40.5 Å². The van der Waals surface area contributed by atoms with Gasteiger partial charge in [-0.05, 0) is 44.5 Å². The molecule has 0 aromatic heterocycles. The first kappa shape index (κ1) is 16.6. The zero-order valence-electron chi connectivity index (χ0n) is 12.1. The Hall–Kier alpha value is -0.470. The van der Waals surface area contributed by atoms with Gasteiger partial charge in [-0.15, -0.1) is 0 Å². The minimum atomic E-state index is -2.01. The normalized spacial score (nSPS) is 16.7. The molecule has 0 amide bonds. The zero-order valence-corrected chi connectivity index (χ0v) is 13.8. The van der Waals surface area contributed by atoms with E-state index in [9.17, 15) is 5.11 Å². The van der Waals surface area contributed by atoms with Gasteiger partial charge in [0.05, 0.1) is 5.60 Å². The molecule has 1 rings (SSSR count). The van der Waals surface area contributed by atoms with Gasteiger partial charge in [0.15, 0.2) is 0 Å². The summed E-state index contributed by atoms with van der Waals surface area (Å²) in [6, 6.07) is 7.96. The Bertz CT molecular complexity index is 501. The third-order valence-corrected chi connectivity index (χ3v) is 7.39. The molecule has 0 saturated heterocycles. The first-order valence-electron chi connectivity index (χ1n) is 6.38. The summed E-state index contributed by atoms with van der Waals surface area (Å²) in [7, 11) is 0. The van der Waals surface area contributed by atoms with Crippen molar-refractivity contribution in [3.8, 4) is 0 Å². The number of aliphatic hydroxyl groups is 2. The molecule has 0 radical (unpaired) electrons. The summed E-state index contributed by atoms with van der Waals surface area (Å²) in [6.07, 6.45) is 0.554. The van der Waals surface area contributed by atoms with Crippen molar-refractivity contribution in [1.82, 2.24) is 0 Å².